The summed E-state index contributed by atoms with van der Waals surface area (Å²) < 4.78 is 4.99. The fourth-order valence-electron chi connectivity index (χ4n) is 2.37. The van der Waals surface area contributed by atoms with Crippen LogP contribution in [-0.4, -0.2) is 12.6 Å². The number of carbonyl (C=O) groups excluding carboxylic acids is 1. The van der Waals surface area contributed by atoms with Gasteiger partial charge >= 0.3 is 5.97 Å². The second kappa shape index (κ2) is 4.21. The number of esters is 1. The van der Waals surface area contributed by atoms with Crippen molar-refractivity contribution in [2.45, 2.75) is 12.8 Å². The van der Waals surface area contributed by atoms with Crippen molar-refractivity contribution < 1.29 is 9.53 Å². The van der Waals surface area contributed by atoms with Crippen LogP contribution in [0.2, 0.25) is 0 Å². The molecule has 2 aromatic carbocycles. The van der Waals surface area contributed by atoms with Gasteiger partial charge in [-0.25, -0.2) is 0 Å². The number of ether oxygens (including phenoxy) is 1. The van der Waals surface area contributed by atoms with Crippen LogP contribution < -0.4 is 0 Å². The third kappa shape index (κ3) is 2.03. The van der Waals surface area contributed by atoms with Crippen LogP contribution in [0.3, 0.4) is 0 Å². The number of cyclic esters (lactones) is 1. The van der Waals surface area contributed by atoms with E-state index in [-0.39, 0.29) is 11.9 Å². The maximum Gasteiger partial charge on any atom is 0.309 e. The average molecular weight is 226 g/mol. The quantitative estimate of drug-likeness (QED) is 0.736. The van der Waals surface area contributed by atoms with Gasteiger partial charge in [0.25, 0.3) is 0 Å². The van der Waals surface area contributed by atoms with Crippen LogP contribution in [-0.2, 0) is 16.0 Å². The molecule has 1 aliphatic rings. The van der Waals surface area contributed by atoms with Gasteiger partial charge in [-0.15, -0.1) is 0 Å². The van der Waals surface area contributed by atoms with Crippen LogP contribution in [0.4, 0.5) is 0 Å². The van der Waals surface area contributed by atoms with Gasteiger partial charge in [-0.3, -0.25) is 4.79 Å². The molecule has 1 heterocycles. The lowest BCUT2D eigenvalue weighted by Gasteiger charge is -2.06. The number of carbonyl (C=O) groups is 1. The number of rotatable bonds is 2. The van der Waals surface area contributed by atoms with E-state index < -0.39 is 0 Å². The fraction of sp³-hybridized carbons (Fsp3) is 0.267. The standard InChI is InChI=1S/C15H14O2/c16-15-14(7-8-17-15)10-11-5-6-12-3-1-2-4-13(12)9-11/h1-6,9,14H,7-8,10H2. The van der Waals surface area contributed by atoms with Gasteiger partial charge in [-0.1, -0.05) is 42.5 Å². The monoisotopic (exact) mass is 226 g/mol. The van der Waals surface area contributed by atoms with Crippen molar-refractivity contribution in [1.29, 1.82) is 0 Å². The Morgan fingerprint density at radius 1 is 1.12 bits per heavy atom. The fourth-order valence-corrected chi connectivity index (χ4v) is 2.37. The Kier molecular flexibility index (Phi) is 2.56. The lowest BCUT2D eigenvalue weighted by atomic mass is 9.96. The van der Waals surface area contributed by atoms with E-state index in [1.165, 1.54) is 16.3 Å². The summed E-state index contributed by atoms with van der Waals surface area (Å²) in [7, 11) is 0. The SMILES string of the molecule is O=C1OCCC1Cc1ccc2ccccc2c1. The minimum Gasteiger partial charge on any atom is -0.465 e. The summed E-state index contributed by atoms with van der Waals surface area (Å²) in [5.74, 6) is 0.00863. The summed E-state index contributed by atoms with van der Waals surface area (Å²) in [6.07, 6.45) is 1.65. The summed E-state index contributed by atoms with van der Waals surface area (Å²) in [5.41, 5.74) is 1.22. The molecular weight excluding hydrogens is 212 g/mol. The molecule has 3 rings (SSSR count). The van der Waals surface area contributed by atoms with Crippen LogP contribution in [0.15, 0.2) is 42.5 Å². The highest BCUT2D eigenvalue weighted by Crippen LogP contribution is 2.22. The summed E-state index contributed by atoms with van der Waals surface area (Å²) in [4.78, 5) is 11.4. The Bertz CT molecular complexity index is 560. The smallest absolute Gasteiger partial charge is 0.309 e. The number of hydrogen-bond acceptors (Lipinski definition) is 2. The molecule has 0 bridgehead atoms. The van der Waals surface area contributed by atoms with Crippen LogP contribution in [0.25, 0.3) is 10.8 Å². The number of fused-ring (bicyclic) bond motifs is 1. The molecular formula is C15H14O2. The normalized spacial score (nSPS) is 19.5. The van der Waals surface area contributed by atoms with Gasteiger partial charge in [0.2, 0.25) is 0 Å². The summed E-state index contributed by atoms with van der Waals surface area (Å²) >= 11 is 0. The van der Waals surface area contributed by atoms with Crippen molar-refractivity contribution in [2.24, 2.45) is 5.92 Å². The van der Waals surface area contributed by atoms with Gasteiger partial charge in [0, 0.05) is 0 Å². The predicted molar refractivity (Wildman–Crippen MR) is 66.7 cm³/mol. The highest BCUT2D eigenvalue weighted by Gasteiger charge is 2.26. The molecule has 0 amide bonds. The van der Waals surface area contributed by atoms with Crippen molar-refractivity contribution in [1.82, 2.24) is 0 Å². The first-order valence-corrected chi connectivity index (χ1v) is 5.97. The third-order valence-corrected chi connectivity index (χ3v) is 3.34. The molecule has 86 valence electrons. The highest BCUT2D eigenvalue weighted by atomic mass is 16.5. The van der Waals surface area contributed by atoms with Crippen molar-refractivity contribution in [3.05, 3.63) is 48.0 Å². The predicted octanol–water partition coefficient (Wildman–Crippen LogP) is 2.95. The van der Waals surface area contributed by atoms with E-state index in [1.54, 1.807) is 0 Å². The largest absolute Gasteiger partial charge is 0.465 e. The molecule has 0 aliphatic carbocycles. The van der Waals surface area contributed by atoms with E-state index in [2.05, 4.69) is 30.3 Å². The maximum absolute atomic E-state index is 11.4. The van der Waals surface area contributed by atoms with E-state index in [0.29, 0.717) is 6.61 Å². The van der Waals surface area contributed by atoms with E-state index in [1.807, 2.05) is 12.1 Å². The number of benzene rings is 2. The van der Waals surface area contributed by atoms with Crippen molar-refractivity contribution in [3.8, 4) is 0 Å². The van der Waals surface area contributed by atoms with Crippen LogP contribution in [0.5, 0.6) is 0 Å². The first-order chi connectivity index (χ1) is 8.33. The molecule has 2 nitrogen and oxygen atoms in total. The van der Waals surface area contributed by atoms with Crippen molar-refractivity contribution in [2.75, 3.05) is 6.61 Å². The van der Waals surface area contributed by atoms with Crippen LogP contribution in [0, 0.1) is 5.92 Å². The van der Waals surface area contributed by atoms with Gasteiger partial charge in [0.05, 0.1) is 12.5 Å². The molecule has 0 radical (unpaired) electrons. The Hall–Kier alpha value is -1.83. The molecule has 0 N–H and O–H groups in total. The lowest BCUT2D eigenvalue weighted by molar-refractivity contribution is -0.141. The third-order valence-electron chi connectivity index (χ3n) is 3.34. The zero-order valence-electron chi connectivity index (χ0n) is 9.56. The Morgan fingerprint density at radius 3 is 2.71 bits per heavy atom. The molecule has 17 heavy (non-hydrogen) atoms. The molecule has 2 heteroatoms. The van der Waals surface area contributed by atoms with Crippen LogP contribution in [0.1, 0.15) is 12.0 Å². The van der Waals surface area contributed by atoms with Crippen molar-refractivity contribution >= 4 is 16.7 Å². The van der Waals surface area contributed by atoms with E-state index in [9.17, 15) is 4.79 Å². The Morgan fingerprint density at radius 2 is 1.94 bits per heavy atom. The molecule has 0 spiro atoms. The zero-order chi connectivity index (χ0) is 11.7. The van der Waals surface area contributed by atoms with E-state index in [4.69, 9.17) is 4.74 Å². The molecule has 1 atom stereocenters. The molecule has 1 fully saturated rings. The summed E-state index contributed by atoms with van der Waals surface area (Å²) in [5, 5.41) is 2.47. The summed E-state index contributed by atoms with van der Waals surface area (Å²) in [6, 6.07) is 14.7. The van der Waals surface area contributed by atoms with E-state index in [0.717, 1.165) is 12.8 Å². The van der Waals surface area contributed by atoms with E-state index >= 15 is 0 Å². The zero-order valence-corrected chi connectivity index (χ0v) is 9.56. The average Bonchev–Trinajstić information content (AvgIpc) is 2.75. The Balaban J connectivity index is 1.88. The molecule has 0 aromatic heterocycles. The van der Waals surface area contributed by atoms with Gasteiger partial charge in [0.15, 0.2) is 0 Å². The van der Waals surface area contributed by atoms with Gasteiger partial charge in [-0.2, -0.15) is 0 Å². The molecule has 1 unspecified atom stereocenters. The van der Waals surface area contributed by atoms with Crippen molar-refractivity contribution in [3.63, 3.8) is 0 Å². The molecule has 1 aliphatic heterocycles. The van der Waals surface area contributed by atoms with Gasteiger partial charge in [0.1, 0.15) is 0 Å². The summed E-state index contributed by atoms with van der Waals surface area (Å²) in [6.45, 7) is 0.580. The minimum absolute atomic E-state index is 0.0434. The topological polar surface area (TPSA) is 26.3 Å². The van der Waals surface area contributed by atoms with Gasteiger partial charge in [-0.05, 0) is 29.2 Å². The second-order valence-corrected chi connectivity index (χ2v) is 4.54. The minimum atomic E-state index is -0.0434. The maximum atomic E-state index is 11.4. The first kappa shape index (κ1) is 10.3. The highest BCUT2D eigenvalue weighted by molar-refractivity contribution is 5.83. The van der Waals surface area contributed by atoms with Gasteiger partial charge < -0.3 is 4.74 Å². The second-order valence-electron chi connectivity index (χ2n) is 4.54. The molecule has 1 saturated heterocycles. The van der Waals surface area contributed by atoms with Crippen LogP contribution >= 0.6 is 0 Å². The molecule has 0 saturated carbocycles. The first-order valence-electron chi connectivity index (χ1n) is 5.97. The Labute approximate surface area is 100 Å². The number of hydrogen-bond donors (Lipinski definition) is 0. The molecule has 2 aromatic rings. The lowest BCUT2D eigenvalue weighted by Crippen LogP contribution is -2.10.